The van der Waals surface area contributed by atoms with Gasteiger partial charge in [-0.25, -0.2) is 9.97 Å². The zero-order valence-electron chi connectivity index (χ0n) is 10.0. The summed E-state index contributed by atoms with van der Waals surface area (Å²) in [5, 5.41) is 14.5. The van der Waals surface area contributed by atoms with E-state index in [2.05, 4.69) is 25.5 Å². The molecule has 0 amide bonds. The van der Waals surface area contributed by atoms with E-state index in [1.54, 1.807) is 23.7 Å². The van der Waals surface area contributed by atoms with Crippen molar-refractivity contribution in [2.75, 3.05) is 5.32 Å². The molecular weight excluding hydrogens is 248 g/mol. The van der Waals surface area contributed by atoms with Crippen LogP contribution in [0.2, 0.25) is 0 Å². The molecule has 0 aliphatic rings. The van der Waals surface area contributed by atoms with E-state index in [9.17, 15) is 0 Å². The van der Waals surface area contributed by atoms with E-state index in [0.717, 1.165) is 22.3 Å². The molecule has 3 rings (SSSR count). The SMILES string of the molecule is Cc1nnc2c(NC(C)c3nccs3)nccn12. The molecule has 18 heavy (non-hydrogen) atoms. The average Bonchev–Trinajstić information content (AvgIpc) is 3.00. The van der Waals surface area contributed by atoms with E-state index in [4.69, 9.17) is 0 Å². The van der Waals surface area contributed by atoms with Crippen LogP contribution in [0, 0.1) is 6.92 Å². The number of anilines is 1. The molecule has 6 nitrogen and oxygen atoms in total. The minimum absolute atomic E-state index is 0.0979. The fourth-order valence-corrected chi connectivity index (χ4v) is 2.40. The normalized spacial score (nSPS) is 12.8. The lowest BCUT2D eigenvalue weighted by Crippen LogP contribution is -2.09. The summed E-state index contributed by atoms with van der Waals surface area (Å²) in [6.45, 7) is 3.96. The molecule has 0 bridgehead atoms. The van der Waals surface area contributed by atoms with Gasteiger partial charge in [0.05, 0.1) is 6.04 Å². The van der Waals surface area contributed by atoms with Gasteiger partial charge in [-0.15, -0.1) is 21.5 Å². The Hall–Kier alpha value is -2.02. The molecule has 1 atom stereocenters. The highest BCUT2D eigenvalue weighted by molar-refractivity contribution is 7.09. The van der Waals surface area contributed by atoms with E-state index in [-0.39, 0.29) is 6.04 Å². The number of aromatic nitrogens is 5. The highest BCUT2D eigenvalue weighted by Crippen LogP contribution is 2.21. The summed E-state index contributed by atoms with van der Waals surface area (Å²) >= 11 is 1.62. The molecule has 1 N–H and O–H groups in total. The van der Waals surface area contributed by atoms with Gasteiger partial charge < -0.3 is 5.32 Å². The third-order valence-electron chi connectivity index (χ3n) is 2.67. The van der Waals surface area contributed by atoms with Crippen LogP contribution in [0.15, 0.2) is 24.0 Å². The van der Waals surface area contributed by atoms with Gasteiger partial charge in [0.2, 0.25) is 5.65 Å². The highest BCUT2D eigenvalue weighted by atomic mass is 32.1. The Kier molecular flexibility index (Phi) is 2.67. The zero-order chi connectivity index (χ0) is 12.5. The van der Waals surface area contributed by atoms with Gasteiger partial charge >= 0.3 is 0 Å². The number of fused-ring (bicyclic) bond motifs is 1. The lowest BCUT2D eigenvalue weighted by molar-refractivity contribution is 0.858. The third-order valence-corrected chi connectivity index (χ3v) is 3.63. The Labute approximate surface area is 108 Å². The molecule has 3 aromatic rings. The molecule has 3 aromatic heterocycles. The lowest BCUT2D eigenvalue weighted by Gasteiger charge is -2.11. The van der Waals surface area contributed by atoms with Crippen molar-refractivity contribution < 1.29 is 0 Å². The summed E-state index contributed by atoms with van der Waals surface area (Å²) in [6, 6.07) is 0.0979. The molecule has 0 aliphatic heterocycles. The minimum Gasteiger partial charge on any atom is -0.358 e. The van der Waals surface area contributed by atoms with Crippen LogP contribution in [0.1, 0.15) is 23.8 Å². The standard InChI is InChI=1S/C11H12N6S/c1-7(11-13-4-6-18-11)14-9-10-16-15-8(2)17(10)5-3-12-9/h3-7H,1-2H3,(H,12,14). The molecule has 0 spiro atoms. The molecular formula is C11H12N6S. The summed E-state index contributed by atoms with van der Waals surface area (Å²) in [4.78, 5) is 8.60. The van der Waals surface area contributed by atoms with Crippen molar-refractivity contribution in [1.82, 2.24) is 24.6 Å². The maximum Gasteiger partial charge on any atom is 0.203 e. The number of rotatable bonds is 3. The highest BCUT2D eigenvalue weighted by Gasteiger charge is 2.12. The van der Waals surface area contributed by atoms with E-state index < -0.39 is 0 Å². The molecule has 0 fully saturated rings. The van der Waals surface area contributed by atoms with Gasteiger partial charge in [-0.3, -0.25) is 4.40 Å². The van der Waals surface area contributed by atoms with Crippen molar-refractivity contribution in [3.05, 3.63) is 34.8 Å². The first kappa shape index (κ1) is 11.1. The summed E-state index contributed by atoms with van der Waals surface area (Å²) < 4.78 is 1.91. The van der Waals surface area contributed by atoms with Gasteiger partial charge in [-0.2, -0.15) is 0 Å². The number of nitrogens with one attached hydrogen (secondary N) is 1. The van der Waals surface area contributed by atoms with Crippen LogP contribution in [0.4, 0.5) is 5.82 Å². The van der Waals surface area contributed by atoms with Gasteiger partial charge in [0.25, 0.3) is 0 Å². The van der Waals surface area contributed by atoms with Crippen molar-refractivity contribution in [3.8, 4) is 0 Å². The van der Waals surface area contributed by atoms with Crippen LogP contribution < -0.4 is 5.32 Å². The lowest BCUT2D eigenvalue weighted by atomic mass is 10.3. The maximum absolute atomic E-state index is 4.31. The Bertz CT molecular complexity index is 659. The van der Waals surface area contributed by atoms with Crippen molar-refractivity contribution >= 4 is 22.8 Å². The number of thiazole rings is 1. The Morgan fingerprint density at radius 3 is 2.94 bits per heavy atom. The quantitative estimate of drug-likeness (QED) is 0.780. The number of aryl methyl sites for hydroxylation is 1. The predicted molar refractivity (Wildman–Crippen MR) is 69.7 cm³/mol. The van der Waals surface area contributed by atoms with Gasteiger partial charge in [-0.1, -0.05) is 0 Å². The number of nitrogens with zero attached hydrogens (tertiary/aromatic N) is 5. The molecule has 0 radical (unpaired) electrons. The predicted octanol–water partition coefficient (Wildman–Crippen LogP) is 2.06. The summed E-state index contributed by atoms with van der Waals surface area (Å²) in [7, 11) is 0. The molecule has 0 aliphatic carbocycles. The third kappa shape index (κ3) is 1.82. The summed E-state index contributed by atoms with van der Waals surface area (Å²) in [6.07, 6.45) is 5.39. The smallest absolute Gasteiger partial charge is 0.203 e. The van der Waals surface area contributed by atoms with Gasteiger partial charge in [0.1, 0.15) is 10.8 Å². The van der Waals surface area contributed by atoms with Crippen LogP contribution in [0.5, 0.6) is 0 Å². The number of hydrogen-bond acceptors (Lipinski definition) is 6. The Morgan fingerprint density at radius 1 is 1.28 bits per heavy atom. The van der Waals surface area contributed by atoms with Crippen LogP contribution >= 0.6 is 11.3 Å². The fraction of sp³-hybridized carbons (Fsp3) is 0.273. The van der Waals surface area contributed by atoms with E-state index in [1.165, 1.54) is 0 Å². The van der Waals surface area contributed by atoms with Crippen LogP contribution in [0.3, 0.4) is 0 Å². The topological polar surface area (TPSA) is 68.0 Å². The van der Waals surface area contributed by atoms with Crippen molar-refractivity contribution in [3.63, 3.8) is 0 Å². The van der Waals surface area contributed by atoms with E-state index >= 15 is 0 Å². The van der Waals surface area contributed by atoms with Crippen molar-refractivity contribution in [2.45, 2.75) is 19.9 Å². The second kappa shape index (κ2) is 4.34. The molecule has 1 unspecified atom stereocenters. The number of hydrogen-bond donors (Lipinski definition) is 1. The second-order valence-electron chi connectivity index (χ2n) is 3.95. The first-order valence-electron chi connectivity index (χ1n) is 5.58. The molecule has 0 saturated carbocycles. The molecule has 3 heterocycles. The summed E-state index contributed by atoms with van der Waals surface area (Å²) in [5.41, 5.74) is 0.735. The van der Waals surface area contributed by atoms with Gasteiger partial charge in [-0.05, 0) is 13.8 Å². The van der Waals surface area contributed by atoms with Gasteiger partial charge in [0.15, 0.2) is 5.82 Å². The summed E-state index contributed by atoms with van der Waals surface area (Å²) in [5.74, 6) is 1.57. The largest absolute Gasteiger partial charge is 0.358 e. The molecule has 7 heteroatoms. The maximum atomic E-state index is 4.31. The van der Waals surface area contributed by atoms with E-state index in [0.29, 0.717) is 0 Å². The first-order chi connectivity index (χ1) is 8.75. The van der Waals surface area contributed by atoms with Crippen molar-refractivity contribution in [1.29, 1.82) is 0 Å². The molecule has 92 valence electrons. The zero-order valence-corrected chi connectivity index (χ0v) is 10.8. The fourth-order valence-electron chi connectivity index (χ4n) is 1.76. The minimum atomic E-state index is 0.0979. The molecule has 0 saturated heterocycles. The van der Waals surface area contributed by atoms with Crippen LogP contribution in [0.25, 0.3) is 5.65 Å². The first-order valence-corrected chi connectivity index (χ1v) is 6.46. The monoisotopic (exact) mass is 260 g/mol. The second-order valence-corrected chi connectivity index (χ2v) is 4.88. The average molecular weight is 260 g/mol. The van der Waals surface area contributed by atoms with Crippen LogP contribution in [-0.4, -0.2) is 24.6 Å². The van der Waals surface area contributed by atoms with Gasteiger partial charge in [0, 0.05) is 24.0 Å². The molecule has 0 aromatic carbocycles. The van der Waals surface area contributed by atoms with Crippen molar-refractivity contribution in [2.24, 2.45) is 0 Å². The van der Waals surface area contributed by atoms with E-state index in [1.807, 2.05) is 29.8 Å². The Morgan fingerprint density at radius 2 is 2.17 bits per heavy atom. The van der Waals surface area contributed by atoms with Crippen LogP contribution in [-0.2, 0) is 0 Å². The Balaban J connectivity index is 1.95.